The van der Waals surface area contributed by atoms with E-state index in [2.05, 4.69) is 0 Å². The van der Waals surface area contributed by atoms with E-state index < -0.39 is 36.3 Å². The molecule has 0 bridgehead atoms. The number of carboxylic acids is 1. The molecule has 0 aromatic heterocycles. The molecule has 8 heteroatoms. The molecule has 1 atom stereocenters. The van der Waals surface area contributed by atoms with Crippen molar-refractivity contribution in [3.63, 3.8) is 0 Å². The zero-order valence-electron chi connectivity index (χ0n) is 10.8. The lowest BCUT2D eigenvalue weighted by atomic mass is 9.86. The monoisotopic (exact) mass is 325 g/mol. The summed E-state index contributed by atoms with van der Waals surface area (Å²) in [5.41, 5.74) is -2.44. The Labute approximate surface area is 123 Å². The molecular formula is C13H12ClF4NO2. The van der Waals surface area contributed by atoms with Crippen molar-refractivity contribution in [1.82, 2.24) is 4.90 Å². The van der Waals surface area contributed by atoms with Gasteiger partial charge in [0.05, 0.1) is 0 Å². The molecule has 1 saturated heterocycles. The molecule has 1 aliphatic heterocycles. The van der Waals surface area contributed by atoms with Crippen molar-refractivity contribution >= 4 is 17.6 Å². The van der Waals surface area contributed by atoms with Crippen LogP contribution in [0, 0.1) is 11.2 Å². The highest BCUT2D eigenvalue weighted by molar-refractivity contribution is 6.31. The number of alkyl halides is 3. The molecular weight excluding hydrogens is 314 g/mol. The van der Waals surface area contributed by atoms with Gasteiger partial charge in [-0.1, -0.05) is 11.6 Å². The summed E-state index contributed by atoms with van der Waals surface area (Å²) in [5, 5.41) is 9.18. The molecule has 1 aromatic rings. The first-order valence-electron chi connectivity index (χ1n) is 6.12. The van der Waals surface area contributed by atoms with Crippen molar-refractivity contribution in [2.45, 2.75) is 19.1 Å². The summed E-state index contributed by atoms with van der Waals surface area (Å²) < 4.78 is 52.2. The summed E-state index contributed by atoms with van der Waals surface area (Å²) in [6.07, 6.45) is -5.36. The Bertz CT molecular complexity index is 564. The summed E-state index contributed by atoms with van der Waals surface area (Å²) in [4.78, 5) is 12.4. The van der Waals surface area contributed by atoms with Gasteiger partial charge in [-0.2, -0.15) is 13.2 Å². The van der Waals surface area contributed by atoms with E-state index in [9.17, 15) is 22.4 Å². The summed E-state index contributed by atoms with van der Waals surface area (Å²) in [5.74, 6) is -2.43. The van der Waals surface area contributed by atoms with Crippen molar-refractivity contribution in [1.29, 1.82) is 0 Å². The molecule has 3 nitrogen and oxygen atoms in total. The smallest absolute Gasteiger partial charge is 0.406 e. The van der Waals surface area contributed by atoms with Crippen LogP contribution in [0.3, 0.4) is 0 Å². The first-order chi connectivity index (χ1) is 9.65. The predicted molar refractivity (Wildman–Crippen MR) is 67.4 cm³/mol. The predicted octanol–water partition coefficient (Wildman–Crippen LogP) is 3.32. The minimum atomic E-state index is -4.83. The van der Waals surface area contributed by atoms with Gasteiger partial charge in [0.2, 0.25) is 0 Å². The summed E-state index contributed by atoms with van der Waals surface area (Å²) in [6.45, 7) is -0.737. The van der Waals surface area contributed by atoms with Crippen LogP contribution in [0.5, 0.6) is 0 Å². The number of hydrogen-bond donors (Lipinski definition) is 1. The molecule has 1 aromatic carbocycles. The maximum atomic E-state index is 13.1. The lowest BCUT2D eigenvalue weighted by Crippen LogP contribution is -2.47. The fourth-order valence-electron chi connectivity index (χ4n) is 2.46. The normalized spacial score (nSPS) is 23.5. The van der Waals surface area contributed by atoms with Gasteiger partial charge in [0.1, 0.15) is 5.82 Å². The van der Waals surface area contributed by atoms with Crippen LogP contribution >= 0.6 is 11.6 Å². The van der Waals surface area contributed by atoms with Gasteiger partial charge in [-0.3, -0.25) is 9.69 Å². The number of nitrogens with zero attached hydrogens (tertiary/aromatic N) is 1. The van der Waals surface area contributed by atoms with Crippen molar-refractivity contribution < 1.29 is 27.5 Å². The molecule has 0 amide bonds. The maximum Gasteiger partial charge on any atom is 0.406 e. The van der Waals surface area contributed by atoms with Crippen LogP contribution in [0.4, 0.5) is 17.6 Å². The lowest BCUT2D eigenvalue weighted by Gasteiger charge is -2.27. The molecule has 0 saturated carbocycles. The molecule has 0 aliphatic carbocycles. The van der Waals surface area contributed by atoms with Gasteiger partial charge >= 0.3 is 12.1 Å². The Morgan fingerprint density at radius 2 is 2.10 bits per heavy atom. The standard InChI is InChI=1S/C13H12ClF4NO2/c14-10-2-1-9(15)5-8(10)6-19-4-3-12(7-19,11(20)21)13(16,17)18/h1-2,5H,3-4,6-7H2,(H,20,21). The van der Waals surface area contributed by atoms with Gasteiger partial charge in [0.15, 0.2) is 5.41 Å². The fourth-order valence-corrected chi connectivity index (χ4v) is 2.63. The van der Waals surface area contributed by atoms with Crippen LogP contribution in [-0.2, 0) is 11.3 Å². The highest BCUT2D eigenvalue weighted by Gasteiger charge is 2.63. The van der Waals surface area contributed by atoms with E-state index in [1.54, 1.807) is 0 Å². The number of hydrogen-bond acceptors (Lipinski definition) is 2. The number of carbonyl (C=O) groups is 1. The fraction of sp³-hybridized carbons (Fsp3) is 0.462. The van der Waals surface area contributed by atoms with Crippen molar-refractivity contribution in [3.05, 3.63) is 34.6 Å². The topological polar surface area (TPSA) is 40.5 Å². The second-order valence-electron chi connectivity index (χ2n) is 5.08. The van der Waals surface area contributed by atoms with Crippen LogP contribution in [0.2, 0.25) is 5.02 Å². The van der Waals surface area contributed by atoms with E-state index in [0.29, 0.717) is 5.56 Å². The Hall–Kier alpha value is -1.34. The quantitative estimate of drug-likeness (QED) is 0.867. The molecule has 1 N–H and O–H groups in total. The Morgan fingerprint density at radius 1 is 1.43 bits per heavy atom. The van der Waals surface area contributed by atoms with Gasteiger partial charge < -0.3 is 5.11 Å². The van der Waals surface area contributed by atoms with Crippen molar-refractivity contribution in [3.8, 4) is 0 Å². The Kier molecular flexibility index (Phi) is 4.17. The second kappa shape index (κ2) is 5.46. The molecule has 116 valence electrons. The van der Waals surface area contributed by atoms with Gasteiger partial charge in [-0.25, -0.2) is 4.39 Å². The highest BCUT2D eigenvalue weighted by atomic mass is 35.5. The first kappa shape index (κ1) is 16.0. The minimum absolute atomic E-state index is 0.0261. The third-order valence-electron chi connectivity index (χ3n) is 3.70. The van der Waals surface area contributed by atoms with Gasteiger partial charge in [0, 0.05) is 24.7 Å². The molecule has 21 heavy (non-hydrogen) atoms. The van der Waals surface area contributed by atoms with E-state index >= 15 is 0 Å². The molecule has 0 spiro atoms. The SMILES string of the molecule is O=C(O)C1(C(F)(F)F)CCN(Cc2cc(F)ccc2Cl)C1. The number of rotatable bonds is 3. The minimum Gasteiger partial charge on any atom is -0.481 e. The van der Waals surface area contributed by atoms with E-state index in [1.165, 1.54) is 11.0 Å². The average molecular weight is 326 g/mol. The summed E-state index contributed by atoms with van der Waals surface area (Å²) in [6, 6.07) is 3.60. The first-order valence-corrected chi connectivity index (χ1v) is 6.50. The third kappa shape index (κ3) is 2.98. The zero-order valence-corrected chi connectivity index (χ0v) is 11.5. The lowest BCUT2D eigenvalue weighted by molar-refractivity contribution is -0.227. The number of likely N-dealkylation sites (tertiary alicyclic amines) is 1. The van der Waals surface area contributed by atoms with Gasteiger partial charge in [-0.05, 0) is 30.2 Å². The van der Waals surface area contributed by atoms with E-state index in [-0.39, 0.29) is 18.1 Å². The van der Waals surface area contributed by atoms with E-state index in [0.717, 1.165) is 12.1 Å². The van der Waals surface area contributed by atoms with Crippen LogP contribution in [0.25, 0.3) is 0 Å². The average Bonchev–Trinajstić information content (AvgIpc) is 2.79. The number of benzene rings is 1. The molecule has 1 unspecified atom stereocenters. The van der Waals surface area contributed by atoms with Crippen LogP contribution in [-0.4, -0.2) is 35.2 Å². The Balaban J connectivity index is 2.19. The number of halogens is 5. The molecule has 1 aliphatic rings. The molecule has 1 heterocycles. The van der Waals surface area contributed by atoms with Crippen LogP contribution in [0.1, 0.15) is 12.0 Å². The van der Waals surface area contributed by atoms with Crippen molar-refractivity contribution in [2.75, 3.05) is 13.1 Å². The molecule has 2 rings (SSSR count). The van der Waals surface area contributed by atoms with E-state index in [1.807, 2.05) is 0 Å². The maximum absolute atomic E-state index is 13.1. The van der Waals surface area contributed by atoms with Gasteiger partial charge in [0.25, 0.3) is 0 Å². The zero-order chi connectivity index (χ0) is 15.8. The number of aliphatic carboxylic acids is 1. The number of carboxylic acid groups (broad SMARTS) is 1. The summed E-state index contributed by atoms with van der Waals surface area (Å²) in [7, 11) is 0. The Morgan fingerprint density at radius 3 is 2.62 bits per heavy atom. The summed E-state index contributed by atoms with van der Waals surface area (Å²) >= 11 is 5.87. The van der Waals surface area contributed by atoms with Gasteiger partial charge in [-0.15, -0.1) is 0 Å². The van der Waals surface area contributed by atoms with Crippen LogP contribution in [0.15, 0.2) is 18.2 Å². The third-order valence-corrected chi connectivity index (χ3v) is 4.07. The molecule has 0 radical (unpaired) electrons. The molecule has 1 fully saturated rings. The van der Waals surface area contributed by atoms with Crippen LogP contribution < -0.4 is 0 Å². The highest BCUT2D eigenvalue weighted by Crippen LogP contribution is 2.46. The van der Waals surface area contributed by atoms with E-state index in [4.69, 9.17) is 16.7 Å². The largest absolute Gasteiger partial charge is 0.481 e. The second-order valence-corrected chi connectivity index (χ2v) is 5.49. The van der Waals surface area contributed by atoms with Crippen molar-refractivity contribution in [2.24, 2.45) is 5.41 Å².